The van der Waals surface area contributed by atoms with E-state index in [9.17, 15) is 0 Å². The summed E-state index contributed by atoms with van der Waals surface area (Å²) in [4.78, 5) is 4.75. The fourth-order valence-corrected chi connectivity index (χ4v) is 3.12. The predicted molar refractivity (Wildman–Crippen MR) is 122 cm³/mol. The van der Waals surface area contributed by atoms with Crippen molar-refractivity contribution in [2.45, 2.75) is 31.7 Å². The molecule has 1 aromatic carbocycles. The van der Waals surface area contributed by atoms with Crippen molar-refractivity contribution in [1.29, 1.82) is 0 Å². The summed E-state index contributed by atoms with van der Waals surface area (Å²) in [5.74, 6) is 2.76. The number of aliphatic imine (C=N–C) groups is 1. The van der Waals surface area contributed by atoms with Gasteiger partial charge in [0.1, 0.15) is 11.5 Å². The highest BCUT2D eigenvalue weighted by molar-refractivity contribution is 14.0. The highest BCUT2D eigenvalue weighted by atomic mass is 127. The molecule has 154 valence electrons. The number of furan rings is 1. The van der Waals surface area contributed by atoms with Crippen LogP contribution >= 0.6 is 24.0 Å². The van der Waals surface area contributed by atoms with Crippen LogP contribution in [0.15, 0.2) is 52.1 Å². The number of hydrogen-bond donors (Lipinski definition) is 2. The number of nitrogens with zero attached hydrogens (tertiary/aromatic N) is 1. The Labute approximate surface area is 184 Å². The summed E-state index contributed by atoms with van der Waals surface area (Å²) >= 11 is 0. The molecule has 28 heavy (non-hydrogen) atoms. The number of hydrogen-bond acceptors (Lipinski definition) is 4. The van der Waals surface area contributed by atoms with E-state index >= 15 is 0 Å². The zero-order valence-electron chi connectivity index (χ0n) is 16.4. The first kappa shape index (κ1) is 22.5. The maximum Gasteiger partial charge on any atom is 0.191 e. The van der Waals surface area contributed by atoms with E-state index in [0.717, 1.165) is 62.8 Å². The van der Waals surface area contributed by atoms with Gasteiger partial charge >= 0.3 is 0 Å². The molecular weight excluding hydrogens is 469 g/mol. The number of ether oxygens (including phenoxy) is 2. The molecular formula is C21H30IN3O3. The second-order valence-corrected chi connectivity index (χ2v) is 6.56. The third kappa shape index (κ3) is 7.01. The zero-order valence-corrected chi connectivity index (χ0v) is 18.7. The molecule has 1 aliphatic rings. The quantitative estimate of drug-likeness (QED) is 0.237. The van der Waals surface area contributed by atoms with Crippen molar-refractivity contribution in [2.75, 3.05) is 33.4 Å². The second-order valence-electron chi connectivity index (χ2n) is 6.56. The lowest BCUT2D eigenvalue weighted by molar-refractivity contribution is 0.193. The summed E-state index contributed by atoms with van der Waals surface area (Å²) in [6.45, 7) is 3.02. The fourth-order valence-electron chi connectivity index (χ4n) is 3.12. The minimum absolute atomic E-state index is 0. The molecule has 0 saturated carbocycles. The molecule has 0 amide bonds. The van der Waals surface area contributed by atoms with Crippen molar-refractivity contribution in [3.63, 3.8) is 0 Å². The van der Waals surface area contributed by atoms with Gasteiger partial charge in [-0.1, -0.05) is 18.2 Å². The molecule has 0 bridgehead atoms. The van der Waals surface area contributed by atoms with Crippen molar-refractivity contribution in [1.82, 2.24) is 10.6 Å². The molecule has 3 rings (SSSR count). The van der Waals surface area contributed by atoms with Gasteiger partial charge in [-0.2, -0.15) is 0 Å². The molecule has 6 nitrogen and oxygen atoms in total. The Balaban J connectivity index is 0.00000280. The Kier molecular flexibility index (Phi) is 10.2. The highest BCUT2D eigenvalue weighted by Gasteiger charge is 2.21. The molecule has 0 spiro atoms. The smallest absolute Gasteiger partial charge is 0.191 e. The van der Waals surface area contributed by atoms with Crippen LogP contribution in [0.25, 0.3) is 0 Å². The Morgan fingerprint density at radius 3 is 2.93 bits per heavy atom. The van der Waals surface area contributed by atoms with E-state index in [2.05, 4.69) is 16.7 Å². The third-order valence-electron chi connectivity index (χ3n) is 4.54. The topological polar surface area (TPSA) is 68.0 Å². The highest BCUT2D eigenvalue weighted by Crippen LogP contribution is 2.31. The first-order valence-electron chi connectivity index (χ1n) is 9.64. The standard InChI is InChI=1S/C21H29N3O3.HI/c1-25-14-5-4-12-22-21(23-13-10-17-7-6-15-26-17)24-19-11-16-27-20-9-3-2-8-18(19)20;/h2-3,6-9,15,19H,4-5,10-14,16H2,1H3,(H2,22,23,24);1H. The van der Waals surface area contributed by atoms with E-state index in [1.807, 2.05) is 30.3 Å². The molecule has 2 aromatic rings. The van der Waals surface area contributed by atoms with Crippen LogP contribution < -0.4 is 15.4 Å². The maximum absolute atomic E-state index is 5.76. The molecule has 1 aromatic heterocycles. The van der Waals surface area contributed by atoms with Gasteiger partial charge in [-0.25, -0.2) is 0 Å². The van der Waals surface area contributed by atoms with Crippen molar-refractivity contribution < 1.29 is 13.9 Å². The zero-order chi connectivity index (χ0) is 18.7. The lowest BCUT2D eigenvalue weighted by Crippen LogP contribution is -2.42. The Hall–Kier alpha value is -1.74. The summed E-state index contributed by atoms with van der Waals surface area (Å²) < 4.78 is 16.3. The minimum Gasteiger partial charge on any atom is -0.493 e. The number of methoxy groups -OCH3 is 1. The van der Waals surface area contributed by atoms with E-state index in [0.29, 0.717) is 6.61 Å². The van der Waals surface area contributed by atoms with E-state index in [-0.39, 0.29) is 30.0 Å². The maximum atomic E-state index is 5.76. The van der Waals surface area contributed by atoms with Crippen LogP contribution in [0.2, 0.25) is 0 Å². The van der Waals surface area contributed by atoms with Gasteiger partial charge in [-0.3, -0.25) is 4.99 Å². The summed E-state index contributed by atoms with van der Waals surface area (Å²) in [6, 6.07) is 12.3. The number of para-hydroxylation sites is 1. The van der Waals surface area contributed by atoms with Crippen molar-refractivity contribution in [2.24, 2.45) is 4.99 Å². The molecule has 2 N–H and O–H groups in total. The van der Waals surface area contributed by atoms with Crippen LogP contribution in [-0.2, 0) is 11.2 Å². The van der Waals surface area contributed by atoms with E-state index < -0.39 is 0 Å². The molecule has 1 aliphatic heterocycles. The monoisotopic (exact) mass is 499 g/mol. The number of unbranched alkanes of at least 4 members (excludes halogenated alkanes) is 1. The first-order chi connectivity index (χ1) is 13.4. The molecule has 0 fully saturated rings. The predicted octanol–water partition coefficient (Wildman–Crippen LogP) is 3.93. The molecule has 2 heterocycles. The van der Waals surface area contributed by atoms with E-state index in [1.165, 1.54) is 5.56 Å². The van der Waals surface area contributed by atoms with Crippen LogP contribution in [0.4, 0.5) is 0 Å². The number of fused-ring (bicyclic) bond motifs is 1. The Morgan fingerprint density at radius 2 is 2.11 bits per heavy atom. The van der Waals surface area contributed by atoms with E-state index in [4.69, 9.17) is 18.9 Å². The van der Waals surface area contributed by atoms with Crippen LogP contribution in [0.3, 0.4) is 0 Å². The summed E-state index contributed by atoms with van der Waals surface area (Å²) in [7, 11) is 1.73. The van der Waals surface area contributed by atoms with Crippen LogP contribution in [-0.4, -0.2) is 39.4 Å². The minimum atomic E-state index is 0. The average molecular weight is 499 g/mol. The normalized spacial score (nSPS) is 15.9. The number of nitrogens with one attached hydrogen (secondary N) is 2. The van der Waals surface area contributed by atoms with Crippen molar-refractivity contribution in [3.05, 3.63) is 54.0 Å². The Morgan fingerprint density at radius 1 is 1.21 bits per heavy atom. The lowest BCUT2D eigenvalue weighted by atomic mass is 10.0. The van der Waals surface area contributed by atoms with Gasteiger partial charge in [0, 0.05) is 45.2 Å². The van der Waals surface area contributed by atoms with Crippen LogP contribution in [0.1, 0.15) is 36.6 Å². The Bertz CT molecular complexity index is 707. The van der Waals surface area contributed by atoms with Crippen LogP contribution in [0, 0.1) is 0 Å². The van der Waals surface area contributed by atoms with Crippen molar-refractivity contribution >= 4 is 29.9 Å². The SMILES string of the molecule is COCCCCN=C(NCCc1ccco1)NC1CCOc2ccccc21.I. The fraction of sp³-hybridized carbons (Fsp3) is 0.476. The molecule has 1 atom stereocenters. The van der Waals surface area contributed by atoms with Gasteiger partial charge in [0.05, 0.1) is 18.9 Å². The van der Waals surface area contributed by atoms with E-state index in [1.54, 1.807) is 13.4 Å². The lowest BCUT2D eigenvalue weighted by Gasteiger charge is -2.28. The first-order valence-corrected chi connectivity index (χ1v) is 9.64. The second kappa shape index (κ2) is 12.7. The largest absolute Gasteiger partial charge is 0.493 e. The van der Waals surface area contributed by atoms with Gasteiger partial charge in [-0.15, -0.1) is 24.0 Å². The van der Waals surface area contributed by atoms with Crippen LogP contribution in [0.5, 0.6) is 5.75 Å². The van der Waals surface area contributed by atoms with Gasteiger partial charge in [0.15, 0.2) is 5.96 Å². The molecule has 1 unspecified atom stereocenters. The summed E-state index contributed by atoms with van der Waals surface area (Å²) in [5, 5.41) is 7.01. The van der Waals surface area contributed by atoms with Gasteiger partial charge in [-0.05, 0) is 31.0 Å². The van der Waals surface area contributed by atoms with Crippen molar-refractivity contribution in [3.8, 4) is 5.75 Å². The number of halogens is 1. The summed E-state index contributed by atoms with van der Waals surface area (Å²) in [6.07, 6.45) is 5.46. The molecule has 0 saturated heterocycles. The molecule has 0 radical (unpaired) electrons. The number of guanidine groups is 1. The average Bonchev–Trinajstić information content (AvgIpc) is 3.21. The molecule has 7 heteroatoms. The molecule has 0 aliphatic carbocycles. The summed E-state index contributed by atoms with van der Waals surface area (Å²) in [5.41, 5.74) is 1.18. The third-order valence-corrected chi connectivity index (χ3v) is 4.54. The van der Waals surface area contributed by atoms with Gasteiger partial charge < -0.3 is 24.5 Å². The van der Waals surface area contributed by atoms with Gasteiger partial charge in [0.25, 0.3) is 0 Å². The number of rotatable bonds is 9. The van der Waals surface area contributed by atoms with Gasteiger partial charge in [0.2, 0.25) is 0 Å². The number of benzene rings is 1.